The summed E-state index contributed by atoms with van der Waals surface area (Å²) in [4.78, 5) is 24.4. The van der Waals surface area contributed by atoms with Crippen molar-refractivity contribution in [1.29, 1.82) is 0 Å². The molecule has 1 saturated heterocycles. The lowest BCUT2D eigenvalue weighted by molar-refractivity contribution is -0.152. The van der Waals surface area contributed by atoms with Gasteiger partial charge in [-0.1, -0.05) is 0 Å². The molecule has 0 saturated carbocycles. The fourth-order valence-corrected chi connectivity index (χ4v) is 1.98. The monoisotopic (exact) mass is 228 g/mol. The summed E-state index contributed by atoms with van der Waals surface area (Å²) in [5.74, 6) is -1.07. The molecule has 5 nitrogen and oxygen atoms in total. The number of likely N-dealkylation sites (tertiary alicyclic amines) is 1. The van der Waals surface area contributed by atoms with E-state index >= 15 is 0 Å². The second-order valence-electron chi connectivity index (χ2n) is 5.10. The number of hydrogen-bond donors (Lipinski definition) is 2. The molecule has 0 spiro atoms. The summed E-state index contributed by atoms with van der Waals surface area (Å²) in [7, 11) is 0. The lowest BCUT2D eigenvalue weighted by atomic mass is 9.97. The van der Waals surface area contributed by atoms with Crippen LogP contribution in [0.5, 0.6) is 0 Å². The molecule has 0 aromatic heterocycles. The van der Waals surface area contributed by atoms with Crippen LogP contribution in [0, 0.1) is 0 Å². The van der Waals surface area contributed by atoms with E-state index in [0.717, 1.165) is 12.8 Å². The van der Waals surface area contributed by atoms with Crippen LogP contribution in [0.1, 0.15) is 39.5 Å². The third-order valence-electron chi connectivity index (χ3n) is 2.72. The molecular formula is C11H20N2O3. The number of carboxylic acid groups (broad SMARTS) is 1. The maximum Gasteiger partial charge on any atom is 0.326 e. The van der Waals surface area contributed by atoms with Gasteiger partial charge in [-0.3, -0.25) is 4.79 Å². The highest BCUT2D eigenvalue weighted by Gasteiger charge is 2.33. The Balaban J connectivity index is 2.68. The third-order valence-corrected chi connectivity index (χ3v) is 2.72. The second-order valence-corrected chi connectivity index (χ2v) is 5.10. The summed E-state index contributed by atoms with van der Waals surface area (Å²) >= 11 is 0. The molecule has 3 N–H and O–H groups in total. The van der Waals surface area contributed by atoms with E-state index in [0.29, 0.717) is 13.0 Å². The van der Waals surface area contributed by atoms with E-state index in [4.69, 9.17) is 10.8 Å². The average molecular weight is 228 g/mol. The molecule has 0 bridgehead atoms. The van der Waals surface area contributed by atoms with E-state index in [2.05, 4.69) is 0 Å². The zero-order valence-corrected chi connectivity index (χ0v) is 9.90. The number of hydrogen-bond acceptors (Lipinski definition) is 3. The lowest BCUT2D eigenvalue weighted by Crippen LogP contribution is -2.50. The van der Waals surface area contributed by atoms with Gasteiger partial charge in [0, 0.05) is 18.5 Å². The van der Waals surface area contributed by atoms with Crippen molar-refractivity contribution in [3.8, 4) is 0 Å². The van der Waals surface area contributed by atoms with E-state index in [1.54, 1.807) is 13.8 Å². The molecule has 1 atom stereocenters. The number of amides is 1. The van der Waals surface area contributed by atoms with Gasteiger partial charge in [0.1, 0.15) is 6.04 Å². The molecule has 1 aliphatic rings. The normalized spacial score (nSPS) is 21.9. The van der Waals surface area contributed by atoms with Crippen LogP contribution in [-0.2, 0) is 9.59 Å². The molecule has 0 radical (unpaired) electrons. The Bertz CT molecular complexity index is 283. The number of piperidine rings is 1. The fraction of sp³-hybridized carbons (Fsp3) is 0.818. The molecule has 0 unspecified atom stereocenters. The average Bonchev–Trinajstić information content (AvgIpc) is 2.15. The molecule has 0 aromatic carbocycles. The molecular weight excluding hydrogens is 208 g/mol. The Hall–Kier alpha value is -1.10. The van der Waals surface area contributed by atoms with Gasteiger partial charge < -0.3 is 15.7 Å². The number of nitrogens with two attached hydrogens (primary N) is 1. The first kappa shape index (κ1) is 13.0. The summed E-state index contributed by atoms with van der Waals surface area (Å²) in [6.07, 6.45) is 2.48. The number of carboxylic acids is 1. The van der Waals surface area contributed by atoms with Gasteiger partial charge in [-0.05, 0) is 33.1 Å². The molecule has 5 heteroatoms. The fourth-order valence-electron chi connectivity index (χ4n) is 1.98. The summed E-state index contributed by atoms with van der Waals surface area (Å²) in [6, 6.07) is -0.663. The van der Waals surface area contributed by atoms with Crippen LogP contribution >= 0.6 is 0 Å². The molecule has 16 heavy (non-hydrogen) atoms. The van der Waals surface area contributed by atoms with Gasteiger partial charge in [-0.15, -0.1) is 0 Å². The number of nitrogens with zero attached hydrogens (tertiary/aromatic N) is 1. The van der Waals surface area contributed by atoms with Crippen LogP contribution in [0.15, 0.2) is 0 Å². The topological polar surface area (TPSA) is 83.6 Å². The Morgan fingerprint density at radius 2 is 2.06 bits per heavy atom. The van der Waals surface area contributed by atoms with Crippen molar-refractivity contribution in [3.63, 3.8) is 0 Å². The van der Waals surface area contributed by atoms with E-state index < -0.39 is 17.6 Å². The molecule has 1 amide bonds. The summed E-state index contributed by atoms with van der Waals surface area (Å²) in [5, 5.41) is 9.03. The molecule has 0 aromatic rings. The Labute approximate surface area is 95.6 Å². The second kappa shape index (κ2) is 4.82. The third kappa shape index (κ3) is 3.48. The standard InChI is InChI=1S/C11H20N2O3/c1-11(2,12)7-9(14)13-6-4-3-5-8(13)10(15)16/h8H,3-7,12H2,1-2H3,(H,15,16)/t8-/m0/s1. The van der Waals surface area contributed by atoms with E-state index in [1.165, 1.54) is 4.90 Å². The quantitative estimate of drug-likeness (QED) is 0.740. The smallest absolute Gasteiger partial charge is 0.326 e. The summed E-state index contributed by atoms with van der Waals surface area (Å²) < 4.78 is 0. The first-order valence-corrected chi connectivity index (χ1v) is 5.62. The lowest BCUT2D eigenvalue weighted by Gasteiger charge is -2.34. The van der Waals surface area contributed by atoms with E-state index in [9.17, 15) is 9.59 Å². The highest BCUT2D eigenvalue weighted by atomic mass is 16.4. The zero-order valence-electron chi connectivity index (χ0n) is 9.90. The van der Waals surface area contributed by atoms with Crippen LogP contribution in [0.3, 0.4) is 0 Å². The zero-order chi connectivity index (χ0) is 12.3. The van der Waals surface area contributed by atoms with Crippen molar-refractivity contribution in [2.24, 2.45) is 5.73 Å². The van der Waals surface area contributed by atoms with Crippen molar-refractivity contribution >= 4 is 11.9 Å². The SMILES string of the molecule is CC(C)(N)CC(=O)N1CCCC[C@H]1C(=O)O. The highest BCUT2D eigenvalue weighted by molar-refractivity contribution is 5.84. The molecule has 1 fully saturated rings. The van der Waals surface area contributed by atoms with Gasteiger partial charge in [-0.25, -0.2) is 4.79 Å². The Morgan fingerprint density at radius 3 is 2.56 bits per heavy atom. The Kier molecular flexibility index (Phi) is 3.91. The maximum atomic E-state index is 11.9. The predicted octanol–water partition coefficient (Wildman–Crippen LogP) is 0.579. The molecule has 1 aliphatic heterocycles. The van der Waals surface area contributed by atoms with Crippen LogP contribution in [0.25, 0.3) is 0 Å². The molecule has 1 rings (SSSR count). The summed E-state index contributed by atoms with van der Waals surface area (Å²) in [5.41, 5.74) is 5.18. The highest BCUT2D eigenvalue weighted by Crippen LogP contribution is 2.19. The van der Waals surface area contributed by atoms with Gasteiger partial charge in [0.15, 0.2) is 0 Å². The van der Waals surface area contributed by atoms with Crippen LogP contribution < -0.4 is 5.73 Å². The molecule has 0 aliphatic carbocycles. The van der Waals surface area contributed by atoms with Gasteiger partial charge in [0.25, 0.3) is 0 Å². The number of rotatable bonds is 3. The van der Waals surface area contributed by atoms with Gasteiger partial charge >= 0.3 is 5.97 Å². The van der Waals surface area contributed by atoms with Crippen LogP contribution in [-0.4, -0.2) is 40.0 Å². The van der Waals surface area contributed by atoms with Crippen molar-refractivity contribution in [3.05, 3.63) is 0 Å². The number of aliphatic carboxylic acids is 1. The van der Waals surface area contributed by atoms with Crippen molar-refractivity contribution < 1.29 is 14.7 Å². The predicted molar refractivity (Wildman–Crippen MR) is 59.9 cm³/mol. The van der Waals surface area contributed by atoms with Crippen molar-refractivity contribution in [1.82, 2.24) is 4.90 Å². The van der Waals surface area contributed by atoms with Crippen molar-refractivity contribution in [2.75, 3.05) is 6.54 Å². The first-order chi connectivity index (χ1) is 7.31. The molecule has 1 heterocycles. The summed E-state index contributed by atoms with van der Waals surface area (Å²) in [6.45, 7) is 4.07. The maximum absolute atomic E-state index is 11.9. The molecule has 92 valence electrons. The Morgan fingerprint density at radius 1 is 1.44 bits per heavy atom. The minimum atomic E-state index is -0.914. The van der Waals surface area contributed by atoms with Crippen molar-refractivity contribution in [2.45, 2.75) is 51.1 Å². The number of carbonyl (C=O) groups is 2. The van der Waals surface area contributed by atoms with Gasteiger partial charge in [0.2, 0.25) is 5.91 Å². The van der Waals surface area contributed by atoms with E-state index in [1.807, 2.05) is 0 Å². The minimum absolute atomic E-state index is 0.153. The van der Waals surface area contributed by atoms with Gasteiger partial charge in [0.05, 0.1) is 0 Å². The van der Waals surface area contributed by atoms with E-state index in [-0.39, 0.29) is 12.3 Å². The van der Waals surface area contributed by atoms with Crippen LogP contribution in [0.2, 0.25) is 0 Å². The van der Waals surface area contributed by atoms with Crippen LogP contribution in [0.4, 0.5) is 0 Å². The first-order valence-electron chi connectivity index (χ1n) is 5.62. The number of carbonyl (C=O) groups excluding carboxylic acids is 1. The van der Waals surface area contributed by atoms with Gasteiger partial charge in [-0.2, -0.15) is 0 Å². The largest absolute Gasteiger partial charge is 0.480 e. The minimum Gasteiger partial charge on any atom is -0.480 e.